The van der Waals surface area contributed by atoms with E-state index in [0.29, 0.717) is 19.4 Å². The zero-order valence-electron chi connectivity index (χ0n) is 27.9. The number of thioether (sulfide) groups is 2. The maximum atomic E-state index is 11.1. The highest BCUT2D eigenvalue weighted by atomic mass is 32.2. The predicted octanol–water partition coefficient (Wildman–Crippen LogP) is 5.53. The van der Waals surface area contributed by atoms with Gasteiger partial charge >= 0.3 is 5.97 Å². The molecule has 0 saturated heterocycles. The lowest BCUT2D eigenvalue weighted by atomic mass is 10.1. The zero-order valence-corrected chi connectivity index (χ0v) is 32.0. The van der Waals surface area contributed by atoms with E-state index in [1.54, 1.807) is 36.0 Å². The monoisotopic (exact) mass is 859 g/mol. The number of carboxylic acid groups (broad SMARTS) is 1. The largest absolute Gasteiger partial charge is 0.480 e. The first kappa shape index (κ1) is 87.4. The van der Waals surface area contributed by atoms with Crippen LogP contribution in [-0.4, -0.2) is 117 Å². The fourth-order valence-corrected chi connectivity index (χ4v) is 2.00. The van der Waals surface area contributed by atoms with Gasteiger partial charge in [-0.2, -0.15) is 32.2 Å². The van der Waals surface area contributed by atoms with Crippen molar-refractivity contribution in [2.45, 2.75) is 62.9 Å². The van der Waals surface area contributed by atoms with Crippen LogP contribution in [-0.2, 0) is 29.3 Å². The van der Waals surface area contributed by atoms with Crippen LogP contribution < -0.4 is 22.5 Å². The molecule has 2 atom stereocenters. The van der Waals surface area contributed by atoms with Crippen molar-refractivity contribution in [1.82, 2.24) is 0 Å². The number of rotatable bonds is 12. The van der Waals surface area contributed by atoms with Crippen molar-refractivity contribution in [3.8, 4) is 0 Å². The van der Waals surface area contributed by atoms with Crippen molar-refractivity contribution in [2.24, 2.45) is 22.2 Å². The van der Waals surface area contributed by atoms with Crippen LogP contribution in [0.2, 0.25) is 0 Å². The highest BCUT2D eigenvalue weighted by Gasteiger charge is 2.16. The Morgan fingerprint density at radius 1 is 0.942 bits per heavy atom. The number of anilines is 1. The summed E-state index contributed by atoms with van der Waals surface area (Å²) in [5, 5.41) is 30.3. The van der Waals surface area contributed by atoms with Crippen LogP contribution in [0.3, 0.4) is 0 Å². The zero-order chi connectivity index (χ0) is 37.8. The van der Waals surface area contributed by atoms with Gasteiger partial charge in [-0.05, 0) is 50.0 Å². The van der Waals surface area contributed by atoms with Crippen LogP contribution in [0.1, 0.15) is 56.9 Å². The number of carbonyl (C=O) groups is 2. The number of carboxylic acids is 1. The summed E-state index contributed by atoms with van der Waals surface area (Å²) < 4.78 is 25.4. The lowest BCUT2D eigenvalue weighted by Crippen LogP contribution is -2.29. The highest BCUT2D eigenvalue weighted by Crippen LogP contribution is 2.10. The minimum absolute atomic E-state index is 0. The summed E-state index contributed by atoms with van der Waals surface area (Å²) in [5.41, 5.74) is 15.6. The van der Waals surface area contributed by atoms with Crippen molar-refractivity contribution in [3.05, 3.63) is 50.6 Å². The third-order valence-electron chi connectivity index (χ3n) is 2.93. The Hall–Kier alpha value is -2.42. The average Bonchev–Trinajstić information content (AvgIpc) is 3.00. The first-order chi connectivity index (χ1) is 21.6. The fraction of sp³-hybridized carbons (Fsp3) is 0.679. The molecule has 1 unspecified atom stereocenters. The highest BCUT2D eigenvalue weighted by molar-refractivity contribution is 7.98. The number of benzene rings is 1. The van der Waals surface area contributed by atoms with Gasteiger partial charge in [-0.25, -0.2) is 9.00 Å². The molecular formula is C28H73N7O12S5. The summed E-state index contributed by atoms with van der Waals surface area (Å²) in [5.74, 6) is -0.860. The van der Waals surface area contributed by atoms with Crippen molar-refractivity contribution in [2.75, 3.05) is 68.9 Å². The standard InChI is InChI=1S/C12H18N4O2.C2H5NO2.C2H6O2S2.2C2H6S.CH4N2O2.CH4O2S.CH2O.5CH4.H2O/c13-12(14)15-8-4-7-10(11(17)18)16-9-5-2-1-3-6-9;1-2-3(4)5;1-5-3-4-6-2;2*1-3-2;2-1-3(4)5;1-4(2)3;1-2;;;;;;/h1-3,5-6,10,16H,4,7-8H2,(H,17,18)(H4,13,14,15);2H2,1H3;1-2H3;2*1-2H3;1-2H2;1H3,(H,2,3);1H2;5*1H4;1H2/t10-;;;;;;;;;;;;;/m0............./s1. The number of nitro groups is 2. The molecule has 0 aliphatic carbocycles. The van der Waals surface area contributed by atoms with E-state index >= 15 is 0 Å². The van der Waals surface area contributed by atoms with Gasteiger partial charge in [0.2, 0.25) is 6.54 Å². The number of carbonyl (C=O) groups excluding carboxylic acids is 1. The van der Waals surface area contributed by atoms with Crippen LogP contribution in [0, 0.1) is 20.2 Å². The van der Waals surface area contributed by atoms with Crippen molar-refractivity contribution in [1.29, 1.82) is 0 Å². The maximum Gasteiger partial charge on any atom is 0.326 e. The lowest BCUT2D eigenvalue weighted by Gasteiger charge is -2.15. The third-order valence-corrected chi connectivity index (χ3v) is 3.42. The summed E-state index contributed by atoms with van der Waals surface area (Å²) >= 11 is 4.26. The molecule has 24 heteroatoms. The molecule has 11 N–H and O–H groups in total. The molecule has 1 aromatic carbocycles. The first-order valence-electron chi connectivity index (χ1n) is 12.2. The summed E-state index contributed by atoms with van der Waals surface area (Å²) in [6.07, 6.45) is 14.0. The minimum Gasteiger partial charge on any atom is -0.480 e. The normalized spacial score (nSPS) is 8.42. The Bertz CT molecular complexity index is 818. The molecule has 0 aromatic heterocycles. The second kappa shape index (κ2) is 82.2. The minimum atomic E-state index is -1.61. The molecule has 1 rings (SSSR count). The molecule has 0 bridgehead atoms. The quantitative estimate of drug-likeness (QED) is 0.0173. The molecular weight excluding hydrogens is 787 g/mol. The Morgan fingerprint density at radius 2 is 1.25 bits per heavy atom. The topological polar surface area (TPSA) is 330 Å². The van der Waals surface area contributed by atoms with Gasteiger partial charge in [-0.3, -0.25) is 31.0 Å². The average molecular weight is 860 g/mol. The molecule has 52 heavy (non-hydrogen) atoms. The van der Waals surface area contributed by atoms with Gasteiger partial charge in [0, 0.05) is 71.9 Å². The Kier molecular flexibility index (Phi) is 138. The second-order valence-corrected chi connectivity index (χ2v) is 10.1. The number of aliphatic carboxylic acids is 1. The molecule has 322 valence electrons. The smallest absolute Gasteiger partial charge is 0.326 e. The number of hydrogen-bond donors (Lipinski definition) is 6. The Morgan fingerprint density at radius 3 is 1.46 bits per heavy atom. The van der Waals surface area contributed by atoms with Gasteiger partial charge in [0.25, 0.3) is 6.67 Å². The summed E-state index contributed by atoms with van der Waals surface area (Å²) in [4.78, 5) is 40.1. The third kappa shape index (κ3) is 136. The molecule has 0 radical (unpaired) electrons. The molecule has 0 spiro atoms. The molecule has 0 fully saturated rings. The van der Waals surface area contributed by atoms with E-state index in [9.17, 15) is 14.9 Å². The Balaban J connectivity index is -0.0000000345. The van der Waals surface area contributed by atoms with E-state index in [2.05, 4.69) is 24.7 Å². The second-order valence-electron chi connectivity index (χ2n) is 6.72. The number of nitrogens with zero attached hydrogens (tertiary/aromatic N) is 3. The van der Waals surface area contributed by atoms with E-state index in [-0.39, 0.29) is 60.0 Å². The van der Waals surface area contributed by atoms with Gasteiger partial charge in [-0.1, -0.05) is 55.3 Å². The molecule has 0 heterocycles. The van der Waals surface area contributed by atoms with Gasteiger partial charge < -0.3 is 36.7 Å². The molecule has 0 saturated carbocycles. The van der Waals surface area contributed by atoms with Crippen LogP contribution in [0.4, 0.5) is 5.69 Å². The number of hydrogen-bond acceptors (Lipinski definition) is 16. The van der Waals surface area contributed by atoms with Crippen molar-refractivity contribution in [3.63, 3.8) is 0 Å². The van der Waals surface area contributed by atoms with Gasteiger partial charge in [-0.15, -0.1) is 0 Å². The fourth-order valence-electron chi connectivity index (χ4n) is 1.55. The molecule has 19 nitrogen and oxygen atoms in total. The number of nitrogens with one attached hydrogen (secondary N) is 1. The summed E-state index contributed by atoms with van der Waals surface area (Å²) in [6, 6.07) is 8.58. The van der Waals surface area contributed by atoms with Crippen LogP contribution in [0.15, 0.2) is 35.3 Å². The molecule has 0 amide bonds. The molecule has 1 aromatic rings. The first-order valence-corrected chi connectivity index (χ1v) is 19.2. The summed E-state index contributed by atoms with van der Waals surface area (Å²) in [7, 11) is 0. The SMILES string of the molecule is C.C.C.C.C.C=O.CC[N+](=O)[O-].CS(=O)O.CSC.CSC.CSOOSC.NC(N)=NCCC[C@H](Nc1ccccc1)C(=O)O.NC[N+](=O)[O-].O. The van der Waals surface area contributed by atoms with Gasteiger partial charge in [0.05, 0.1) is 0 Å². The summed E-state index contributed by atoms with van der Waals surface area (Å²) in [6.45, 7) is 3.49. The van der Waals surface area contributed by atoms with Crippen LogP contribution >= 0.6 is 47.6 Å². The molecule has 0 aliphatic rings. The predicted molar refractivity (Wildman–Crippen MR) is 234 cm³/mol. The van der Waals surface area contributed by atoms with Gasteiger partial charge in [0.1, 0.15) is 23.9 Å². The van der Waals surface area contributed by atoms with Gasteiger partial charge in [0.15, 0.2) is 5.96 Å². The van der Waals surface area contributed by atoms with E-state index < -0.39 is 34.7 Å². The van der Waals surface area contributed by atoms with Crippen LogP contribution in [0.5, 0.6) is 0 Å². The van der Waals surface area contributed by atoms with Crippen molar-refractivity contribution < 1.29 is 47.4 Å². The van der Waals surface area contributed by atoms with E-state index in [1.165, 1.54) is 37.3 Å². The van der Waals surface area contributed by atoms with E-state index in [4.69, 9.17) is 40.2 Å². The number of para-hydroxylation sites is 1. The Labute approximate surface area is 333 Å². The number of nitrogens with two attached hydrogens (primary N) is 3. The van der Waals surface area contributed by atoms with Crippen LogP contribution in [0.25, 0.3) is 0 Å². The number of aliphatic imine (C=N–C) groups is 1. The maximum absolute atomic E-state index is 11.1. The van der Waals surface area contributed by atoms with E-state index in [0.717, 1.165) is 5.69 Å². The number of guanidine groups is 1. The molecule has 0 aliphatic heterocycles. The van der Waals surface area contributed by atoms with E-state index in [1.807, 2.05) is 62.1 Å². The lowest BCUT2D eigenvalue weighted by molar-refractivity contribution is -0.478. The van der Waals surface area contributed by atoms with Crippen molar-refractivity contribution >= 4 is 83.1 Å².